The van der Waals surface area contributed by atoms with E-state index in [2.05, 4.69) is 26.0 Å². The maximum atomic E-state index is 10.8. The maximum absolute atomic E-state index is 10.8. The second-order valence-electron chi connectivity index (χ2n) is 9.28. The average Bonchev–Trinajstić information content (AvgIpc) is 2.65. The van der Waals surface area contributed by atoms with Gasteiger partial charge in [0.25, 0.3) is 0 Å². The molecule has 3 saturated carbocycles. The van der Waals surface area contributed by atoms with Crippen molar-refractivity contribution < 1.29 is 20.1 Å². The molecule has 152 valence electrons. The number of carboxylic acid groups (broad SMARTS) is 1. The van der Waals surface area contributed by atoms with Crippen molar-refractivity contribution in [1.29, 1.82) is 0 Å². The number of hydrogen-bond acceptors (Lipinski definition) is 3. The molecule has 0 aliphatic heterocycles. The first kappa shape index (κ1) is 20.6. The fourth-order valence-electron chi connectivity index (χ4n) is 6.20. The van der Waals surface area contributed by atoms with Crippen molar-refractivity contribution in [2.24, 2.45) is 29.1 Å². The van der Waals surface area contributed by atoms with Crippen LogP contribution >= 0.6 is 0 Å². The van der Waals surface area contributed by atoms with E-state index in [-0.39, 0.29) is 23.9 Å². The Balaban J connectivity index is 1.69. The summed E-state index contributed by atoms with van der Waals surface area (Å²) in [5, 5.41) is 30.1. The third-order valence-electron chi connectivity index (χ3n) is 7.63. The molecule has 0 heterocycles. The van der Waals surface area contributed by atoms with Crippen molar-refractivity contribution in [2.75, 3.05) is 0 Å². The van der Waals surface area contributed by atoms with Crippen LogP contribution in [0.15, 0.2) is 23.8 Å². The molecule has 0 saturated heterocycles. The Hall–Kier alpha value is -1.13. The fourth-order valence-corrected chi connectivity index (χ4v) is 6.20. The zero-order valence-corrected chi connectivity index (χ0v) is 16.8. The molecule has 0 spiro atoms. The van der Waals surface area contributed by atoms with Crippen LogP contribution in [-0.4, -0.2) is 33.5 Å². The lowest BCUT2D eigenvalue weighted by molar-refractivity contribution is -0.136. The minimum Gasteiger partial charge on any atom is -0.481 e. The molecule has 4 nitrogen and oxygen atoms in total. The number of aliphatic hydroxyl groups is 2. The highest BCUT2D eigenvalue weighted by Crippen LogP contribution is 2.64. The van der Waals surface area contributed by atoms with E-state index in [9.17, 15) is 15.0 Å². The number of fused-ring (bicyclic) bond motifs is 1. The lowest BCUT2D eigenvalue weighted by Crippen LogP contribution is -2.56. The first-order valence-electron chi connectivity index (χ1n) is 10.8. The van der Waals surface area contributed by atoms with Crippen molar-refractivity contribution in [2.45, 2.75) is 83.8 Å². The molecule has 2 unspecified atom stereocenters. The van der Waals surface area contributed by atoms with Crippen LogP contribution in [0.5, 0.6) is 0 Å². The number of aliphatic hydroxyl groups excluding tert-OH is 2. The topological polar surface area (TPSA) is 77.8 Å². The van der Waals surface area contributed by atoms with Gasteiger partial charge in [0.05, 0.1) is 12.2 Å². The zero-order chi connectivity index (χ0) is 19.6. The summed E-state index contributed by atoms with van der Waals surface area (Å²) < 4.78 is 0. The molecule has 6 atom stereocenters. The lowest BCUT2D eigenvalue weighted by Gasteiger charge is -2.62. The Morgan fingerprint density at radius 2 is 1.96 bits per heavy atom. The van der Waals surface area contributed by atoms with Gasteiger partial charge >= 0.3 is 5.97 Å². The summed E-state index contributed by atoms with van der Waals surface area (Å²) in [5.74, 6) is 0.422. The molecule has 3 aliphatic rings. The van der Waals surface area contributed by atoms with Crippen LogP contribution in [0.25, 0.3) is 0 Å². The quantitative estimate of drug-likeness (QED) is 0.603. The molecular formula is C23H36O4. The van der Waals surface area contributed by atoms with Crippen molar-refractivity contribution in [1.82, 2.24) is 0 Å². The Labute approximate surface area is 163 Å². The van der Waals surface area contributed by atoms with Crippen molar-refractivity contribution in [3.05, 3.63) is 23.8 Å². The monoisotopic (exact) mass is 376 g/mol. The van der Waals surface area contributed by atoms with E-state index in [4.69, 9.17) is 5.11 Å². The second kappa shape index (κ2) is 8.48. The molecule has 0 bridgehead atoms. The molecule has 3 rings (SSSR count). The summed E-state index contributed by atoms with van der Waals surface area (Å²) in [6.07, 6.45) is 13.8. The Bertz CT molecular complexity index is 589. The van der Waals surface area contributed by atoms with Crippen molar-refractivity contribution in [3.63, 3.8) is 0 Å². The largest absolute Gasteiger partial charge is 0.481 e. The Morgan fingerprint density at radius 1 is 1.26 bits per heavy atom. The minimum absolute atomic E-state index is 0.0575. The standard InChI is InChI=1S/C23H36O4/c1-15-18(9-6-10-21(26)27)23(2)14-13-20(25)17(22(15)23)11-12-19(24)16-7-4-3-5-8-16/h9,11-12,15-17,19-20,22,24-25H,3-8,10,13-14H2,1-2H3,(H,26,27)/b12-11+,18-9?/t15?,17-,19?,20+,22+,23+/m1/s1. The van der Waals surface area contributed by atoms with Gasteiger partial charge in [-0.1, -0.05) is 56.9 Å². The summed E-state index contributed by atoms with van der Waals surface area (Å²) in [5.41, 5.74) is 1.42. The molecule has 0 aromatic rings. The van der Waals surface area contributed by atoms with Crippen LogP contribution in [0.4, 0.5) is 0 Å². The summed E-state index contributed by atoms with van der Waals surface area (Å²) in [7, 11) is 0. The predicted octanol–water partition coefficient (Wildman–Crippen LogP) is 4.32. The molecule has 0 aromatic heterocycles. The van der Waals surface area contributed by atoms with Gasteiger partial charge < -0.3 is 15.3 Å². The zero-order valence-electron chi connectivity index (χ0n) is 16.8. The van der Waals surface area contributed by atoms with Gasteiger partial charge in [-0.15, -0.1) is 0 Å². The number of aliphatic carboxylic acids is 1. The highest BCUT2D eigenvalue weighted by molar-refractivity contribution is 5.66. The van der Waals surface area contributed by atoms with Crippen LogP contribution in [-0.2, 0) is 4.79 Å². The molecule has 4 heteroatoms. The molecule has 3 N–H and O–H groups in total. The third-order valence-corrected chi connectivity index (χ3v) is 7.63. The Kier molecular flexibility index (Phi) is 6.47. The van der Waals surface area contributed by atoms with E-state index in [1.807, 2.05) is 6.08 Å². The van der Waals surface area contributed by atoms with Crippen LogP contribution in [0.3, 0.4) is 0 Å². The number of carboxylic acids is 1. The van der Waals surface area contributed by atoms with Gasteiger partial charge in [0.2, 0.25) is 0 Å². The molecule has 3 aliphatic carbocycles. The summed E-state index contributed by atoms with van der Waals surface area (Å²) in [4.78, 5) is 10.8. The van der Waals surface area contributed by atoms with Crippen LogP contribution < -0.4 is 0 Å². The Morgan fingerprint density at radius 3 is 2.63 bits per heavy atom. The van der Waals surface area contributed by atoms with Gasteiger partial charge in [-0.05, 0) is 55.3 Å². The molecule has 0 radical (unpaired) electrons. The van der Waals surface area contributed by atoms with Gasteiger partial charge in [-0.25, -0.2) is 0 Å². The van der Waals surface area contributed by atoms with E-state index in [1.54, 1.807) is 0 Å². The van der Waals surface area contributed by atoms with Gasteiger partial charge in [0, 0.05) is 12.3 Å². The van der Waals surface area contributed by atoms with E-state index in [0.29, 0.717) is 24.2 Å². The van der Waals surface area contributed by atoms with Crippen LogP contribution in [0.1, 0.15) is 71.6 Å². The minimum atomic E-state index is -0.753. The average molecular weight is 377 g/mol. The van der Waals surface area contributed by atoms with Crippen LogP contribution in [0, 0.1) is 29.1 Å². The SMILES string of the molecule is CC1C(=CCCC(=O)O)[C@]2(C)CC[C@H](O)[C@@H](/C=C/C(O)C3CCCCC3)[C@H]12. The number of allylic oxidation sites excluding steroid dienone is 2. The highest BCUT2D eigenvalue weighted by atomic mass is 16.4. The number of carbonyl (C=O) groups is 1. The second-order valence-corrected chi connectivity index (χ2v) is 9.28. The maximum Gasteiger partial charge on any atom is 0.303 e. The highest BCUT2D eigenvalue weighted by Gasteiger charge is 2.58. The molecule has 0 aromatic carbocycles. The van der Waals surface area contributed by atoms with Crippen molar-refractivity contribution >= 4 is 5.97 Å². The van der Waals surface area contributed by atoms with E-state index >= 15 is 0 Å². The van der Waals surface area contributed by atoms with E-state index in [1.165, 1.54) is 24.8 Å². The lowest BCUT2D eigenvalue weighted by atomic mass is 9.43. The third kappa shape index (κ3) is 4.17. The van der Waals surface area contributed by atoms with Crippen molar-refractivity contribution in [3.8, 4) is 0 Å². The number of hydrogen-bond donors (Lipinski definition) is 3. The first-order valence-corrected chi connectivity index (χ1v) is 10.8. The van der Waals surface area contributed by atoms with E-state index in [0.717, 1.165) is 25.7 Å². The summed E-state index contributed by atoms with van der Waals surface area (Å²) >= 11 is 0. The molecule has 27 heavy (non-hydrogen) atoms. The van der Waals surface area contributed by atoms with Gasteiger partial charge in [-0.3, -0.25) is 4.79 Å². The smallest absolute Gasteiger partial charge is 0.303 e. The molecule has 0 amide bonds. The fraction of sp³-hybridized carbons (Fsp3) is 0.783. The first-order chi connectivity index (χ1) is 12.8. The van der Waals surface area contributed by atoms with Gasteiger partial charge in [0.1, 0.15) is 0 Å². The molecule has 3 fully saturated rings. The molecular weight excluding hydrogens is 340 g/mol. The predicted molar refractivity (Wildman–Crippen MR) is 106 cm³/mol. The summed E-state index contributed by atoms with van der Waals surface area (Å²) in [6, 6.07) is 0. The van der Waals surface area contributed by atoms with Gasteiger partial charge in [-0.2, -0.15) is 0 Å². The van der Waals surface area contributed by atoms with Gasteiger partial charge in [0.15, 0.2) is 0 Å². The van der Waals surface area contributed by atoms with Crippen LogP contribution in [0.2, 0.25) is 0 Å². The van der Waals surface area contributed by atoms with E-state index < -0.39 is 12.1 Å². The summed E-state index contributed by atoms with van der Waals surface area (Å²) in [6.45, 7) is 4.48. The normalized spacial score (nSPS) is 39.9. The number of rotatable bonds is 6.